The Kier molecular flexibility index (Phi) is 7.32. The van der Waals surface area contributed by atoms with E-state index < -0.39 is 29.2 Å². The van der Waals surface area contributed by atoms with Crippen molar-refractivity contribution in [1.82, 2.24) is 25.2 Å². The number of oxime groups is 1. The summed E-state index contributed by atoms with van der Waals surface area (Å²) in [6.07, 6.45) is 1.58. The van der Waals surface area contributed by atoms with Crippen LogP contribution in [0.2, 0.25) is 0 Å². The number of carboxylic acid groups (broad SMARTS) is 1. The Labute approximate surface area is 216 Å². The Morgan fingerprint density at radius 1 is 1.33 bits per heavy atom. The number of carbonyl (C=O) groups excluding carboxylic acids is 2. The number of anilines is 3. The highest BCUT2D eigenvalue weighted by molar-refractivity contribution is 8.02. The van der Waals surface area contributed by atoms with Crippen molar-refractivity contribution in [1.29, 1.82) is 0 Å². The van der Waals surface area contributed by atoms with E-state index >= 15 is 0 Å². The number of aromatic nitrogens is 3. The van der Waals surface area contributed by atoms with Gasteiger partial charge in [-0.25, -0.2) is 14.8 Å². The molecule has 14 nitrogen and oxygen atoms in total. The summed E-state index contributed by atoms with van der Waals surface area (Å²) in [5.41, 5.74) is 17.2. The molecule has 0 bridgehead atoms. The van der Waals surface area contributed by atoms with Gasteiger partial charge < -0.3 is 32.5 Å². The van der Waals surface area contributed by atoms with Crippen LogP contribution in [-0.4, -0.2) is 72.7 Å². The molecule has 4 rings (SSSR count). The first-order valence-corrected chi connectivity index (χ1v) is 12.8. The van der Waals surface area contributed by atoms with Crippen molar-refractivity contribution in [3.8, 4) is 0 Å². The van der Waals surface area contributed by atoms with Crippen LogP contribution in [0.4, 0.5) is 16.9 Å². The average molecular weight is 550 g/mol. The summed E-state index contributed by atoms with van der Waals surface area (Å²) < 4.78 is 0. The van der Waals surface area contributed by atoms with Gasteiger partial charge in [-0.2, -0.15) is 4.98 Å². The van der Waals surface area contributed by atoms with Crippen LogP contribution in [0.25, 0.3) is 0 Å². The summed E-state index contributed by atoms with van der Waals surface area (Å²) in [5, 5.41) is 19.4. The fourth-order valence-electron chi connectivity index (χ4n) is 3.38. The minimum atomic E-state index is -1.27. The van der Waals surface area contributed by atoms with Crippen molar-refractivity contribution in [2.45, 2.75) is 16.4 Å². The molecule has 36 heavy (non-hydrogen) atoms. The zero-order chi connectivity index (χ0) is 26.0. The number of β-lactam (4-membered cyclic amide) rings is 1. The molecule has 2 atom stereocenters. The van der Waals surface area contributed by atoms with Crippen LogP contribution < -0.4 is 22.5 Å². The fraction of sp³-hybridized carbons (Fsp3) is 0.211. The summed E-state index contributed by atoms with van der Waals surface area (Å²) >= 11 is 3.59. The molecule has 188 valence electrons. The Morgan fingerprint density at radius 2 is 2.11 bits per heavy atom. The van der Waals surface area contributed by atoms with Gasteiger partial charge in [0.05, 0.1) is 0 Å². The third-order valence-corrected chi connectivity index (χ3v) is 7.55. The largest absolute Gasteiger partial charge is 0.477 e. The maximum absolute atomic E-state index is 12.9. The van der Waals surface area contributed by atoms with Gasteiger partial charge in [-0.3, -0.25) is 14.5 Å². The van der Waals surface area contributed by atoms with E-state index in [0.717, 1.165) is 16.2 Å². The molecule has 0 aromatic carbocycles. The maximum atomic E-state index is 12.9. The van der Waals surface area contributed by atoms with E-state index in [-0.39, 0.29) is 39.8 Å². The Morgan fingerprint density at radius 3 is 2.75 bits per heavy atom. The van der Waals surface area contributed by atoms with E-state index in [1.165, 1.54) is 42.1 Å². The Balaban J connectivity index is 1.49. The summed E-state index contributed by atoms with van der Waals surface area (Å²) in [7, 11) is 1.27. The number of aliphatic carboxylic acids is 1. The topological polar surface area (TPSA) is 225 Å². The SMILES string of the molecule is CON=C(C(=O)N[C@@H]1C(=O)N2C(C(=O)O)=C(C=CSc3cc(N)nc(N)n3)CS[C@H]12)c1csc(N)n1. The van der Waals surface area contributed by atoms with Gasteiger partial charge in [0, 0.05) is 17.2 Å². The normalized spacial score (nSPS) is 19.8. The zero-order valence-corrected chi connectivity index (χ0v) is 20.9. The second kappa shape index (κ2) is 10.4. The van der Waals surface area contributed by atoms with E-state index in [1.54, 1.807) is 11.5 Å². The molecule has 2 aliphatic heterocycles. The third-order valence-electron chi connectivity index (χ3n) is 4.85. The van der Waals surface area contributed by atoms with Crippen LogP contribution in [0.3, 0.4) is 0 Å². The number of thiazole rings is 1. The number of amides is 2. The maximum Gasteiger partial charge on any atom is 0.352 e. The molecule has 2 aromatic rings. The number of carboxylic acids is 1. The Hall–Kier alpha value is -3.83. The molecule has 17 heteroatoms. The molecular formula is C19H19N9O5S3. The van der Waals surface area contributed by atoms with Crippen molar-refractivity contribution in [3.05, 3.63) is 39.9 Å². The van der Waals surface area contributed by atoms with Gasteiger partial charge in [0.1, 0.15) is 40.8 Å². The first kappa shape index (κ1) is 25.3. The molecule has 8 N–H and O–H groups in total. The average Bonchev–Trinajstić information content (AvgIpc) is 3.25. The number of thioether (sulfide) groups is 2. The van der Waals surface area contributed by atoms with Crippen LogP contribution in [0, 0.1) is 0 Å². The highest BCUT2D eigenvalue weighted by atomic mass is 32.2. The van der Waals surface area contributed by atoms with Gasteiger partial charge in [-0.1, -0.05) is 16.9 Å². The predicted molar refractivity (Wildman–Crippen MR) is 136 cm³/mol. The first-order valence-electron chi connectivity index (χ1n) is 9.97. The molecule has 1 saturated heterocycles. The molecule has 2 aromatic heterocycles. The monoisotopic (exact) mass is 549 g/mol. The van der Waals surface area contributed by atoms with Crippen LogP contribution in [0.15, 0.2) is 44.4 Å². The number of nitrogens with one attached hydrogen (secondary N) is 1. The van der Waals surface area contributed by atoms with Crippen molar-refractivity contribution in [3.63, 3.8) is 0 Å². The van der Waals surface area contributed by atoms with Crippen molar-refractivity contribution >= 4 is 75.3 Å². The minimum absolute atomic E-state index is 0.0172. The van der Waals surface area contributed by atoms with Crippen molar-refractivity contribution in [2.24, 2.45) is 5.16 Å². The van der Waals surface area contributed by atoms with E-state index in [4.69, 9.17) is 22.0 Å². The number of fused-ring (bicyclic) bond motifs is 1. The van der Waals surface area contributed by atoms with E-state index in [0.29, 0.717) is 10.6 Å². The molecule has 4 heterocycles. The quantitative estimate of drug-likeness (QED) is 0.0967. The summed E-state index contributed by atoms with van der Waals surface area (Å²) in [4.78, 5) is 55.5. The van der Waals surface area contributed by atoms with Crippen molar-refractivity contribution in [2.75, 3.05) is 30.1 Å². The number of nitrogens with zero attached hydrogens (tertiary/aromatic N) is 5. The van der Waals surface area contributed by atoms with E-state index in [1.807, 2.05) is 0 Å². The van der Waals surface area contributed by atoms with Crippen molar-refractivity contribution < 1.29 is 24.3 Å². The van der Waals surface area contributed by atoms with Crippen LogP contribution >= 0.6 is 34.9 Å². The van der Waals surface area contributed by atoms with Gasteiger partial charge in [-0.15, -0.1) is 23.1 Å². The zero-order valence-electron chi connectivity index (χ0n) is 18.4. The highest BCUT2D eigenvalue weighted by Gasteiger charge is 2.54. The lowest BCUT2D eigenvalue weighted by Crippen LogP contribution is -2.71. The summed E-state index contributed by atoms with van der Waals surface area (Å²) in [5.74, 6) is -2.03. The second-order valence-corrected chi connectivity index (χ2v) is 10.1. The molecular weight excluding hydrogens is 530 g/mol. The minimum Gasteiger partial charge on any atom is -0.477 e. The molecule has 0 unspecified atom stereocenters. The molecule has 0 spiro atoms. The molecule has 2 aliphatic rings. The number of nitrogens with two attached hydrogens (primary N) is 3. The number of carbonyl (C=O) groups is 3. The lowest BCUT2D eigenvalue weighted by atomic mass is 10.0. The molecule has 1 fully saturated rings. The summed E-state index contributed by atoms with van der Waals surface area (Å²) in [6.45, 7) is 0. The lowest BCUT2D eigenvalue weighted by molar-refractivity contribution is -0.150. The van der Waals surface area contributed by atoms with Gasteiger partial charge in [0.15, 0.2) is 10.8 Å². The smallest absolute Gasteiger partial charge is 0.352 e. The van der Waals surface area contributed by atoms with E-state index in [2.05, 4.69) is 25.4 Å². The standard InChI is InChI=1S/C19H19N9O5S3/c1-33-27-11(8-6-36-19(22)23-8)14(29)26-12-15(30)28-13(17(31)32)7(5-35-16(12)28)2-3-34-10-4-9(20)24-18(21)25-10/h2-4,6,12,16H,5H2,1H3,(H2,22,23)(H,26,29)(H,31,32)(H4,20,21,24,25)/t12-,16-/m1/s1. The third kappa shape index (κ3) is 5.07. The molecule has 0 radical (unpaired) electrons. The predicted octanol–water partition coefficient (Wildman–Crippen LogP) is 0.0748. The second-order valence-electron chi connectivity index (χ2n) is 7.14. The fourth-order valence-corrected chi connectivity index (χ4v) is 5.95. The van der Waals surface area contributed by atoms with Gasteiger partial charge in [0.25, 0.3) is 11.8 Å². The van der Waals surface area contributed by atoms with Gasteiger partial charge in [-0.05, 0) is 17.1 Å². The molecule has 0 aliphatic carbocycles. The molecule has 2 amide bonds. The van der Waals surface area contributed by atoms with Crippen LogP contribution in [0.1, 0.15) is 5.69 Å². The van der Waals surface area contributed by atoms with Crippen LogP contribution in [0.5, 0.6) is 0 Å². The van der Waals surface area contributed by atoms with Crippen LogP contribution in [-0.2, 0) is 19.2 Å². The summed E-state index contributed by atoms with van der Waals surface area (Å²) in [6, 6.07) is 0.568. The molecule has 0 saturated carbocycles. The lowest BCUT2D eigenvalue weighted by Gasteiger charge is -2.49. The highest BCUT2D eigenvalue weighted by Crippen LogP contribution is 2.41. The first-order chi connectivity index (χ1) is 17.2. The number of hydrogen-bond donors (Lipinski definition) is 5. The number of hydrogen-bond acceptors (Lipinski definition) is 14. The number of nitrogen functional groups attached to an aromatic ring is 3. The van der Waals surface area contributed by atoms with E-state index in [9.17, 15) is 19.5 Å². The van der Waals surface area contributed by atoms with Gasteiger partial charge in [0.2, 0.25) is 5.95 Å². The van der Waals surface area contributed by atoms with Gasteiger partial charge >= 0.3 is 5.97 Å². The Bertz CT molecular complexity index is 1310. The number of rotatable bonds is 8. The number of allylic oxidation sites excluding steroid dienone is 1.